The summed E-state index contributed by atoms with van der Waals surface area (Å²) in [4.78, 5) is 19.3. The van der Waals surface area contributed by atoms with Crippen LogP contribution in [-0.2, 0) is 11.3 Å². The Labute approximate surface area is 143 Å². The summed E-state index contributed by atoms with van der Waals surface area (Å²) in [7, 11) is 0. The summed E-state index contributed by atoms with van der Waals surface area (Å²) in [6.07, 6.45) is 2.01. The molecular formula is C20H25N3O. The highest BCUT2D eigenvalue weighted by Gasteiger charge is 2.26. The van der Waals surface area contributed by atoms with Crippen LogP contribution in [-0.4, -0.2) is 28.9 Å². The van der Waals surface area contributed by atoms with Crippen molar-refractivity contribution in [3.8, 4) is 0 Å². The van der Waals surface area contributed by atoms with Crippen LogP contribution in [0.1, 0.15) is 29.7 Å². The minimum atomic E-state index is 0.0332. The van der Waals surface area contributed by atoms with Crippen LogP contribution in [0.25, 0.3) is 0 Å². The standard InChI is InChI=1S/C20H25N3O/c1-15-6-3-8-17(12-15)13-23-11-5-9-18(14-23)20(24)22-19-10-4-7-16(2)21-19/h3-4,6-8,10,12,18H,5,9,11,13-14H2,1-2H3,(H,21,22,24). The third-order valence-electron chi connectivity index (χ3n) is 4.50. The van der Waals surface area contributed by atoms with Crippen molar-refractivity contribution < 1.29 is 4.79 Å². The summed E-state index contributed by atoms with van der Waals surface area (Å²) < 4.78 is 0. The van der Waals surface area contributed by atoms with Crippen LogP contribution in [0.4, 0.5) is 5.82 Å². The number of hydrogen-bond donors (Lipinski definition) is 1. The van der Waals surface area contributed by atoms with E-state index < -0.39 is 0 Å². The van der Waals surface area contributed by atoms with E-state index in [1.165, 1.54) is 11.1 Å². The summed E-state index contributed by atoms with van der Waals surface area (Å²) in [5.74, 6) is 0.767. The van der Waals surface area contributed by atoms with Gasteiger partial charge in [0.2, 0.25) is 5.91 Å². The van der Waals surface area contributed by atoms with Gasteiger partial charge in [0.15, 0.2) is 0 Å². The van der Waals surface area contributed by atoms with Crippen LogP contribution in [0.5, 0.6) is 0 Å². The highest BCUT2D eigenvalue weighted by Crippen LogP contribution is 2.20. The molecule has 4 nitrogen and oxygen atoms in total. The van der Waals surface area contributed by atoms with Crippen LogP contribution in [0.3, 0.4) is 0 Å². The molecule has 0 spiro atoms. The van der Waals surface area contributed by atoms with Crippen LogP contribution < -0.4 is 5.32 Å². The summed E-state index contributed by atoms with van der Waals surface area (Å²) in [5.41, 5.74) is 3.51. The predicted octanol–water partition coefficient (Wildman–Crippen LogP) is 3.55. The van der Waals surface area contributed by atoms with Crippen LogP contribution in [0.15, 0.2) is 42.5 Å². The number of nitrogens with zero attached hydrogens (tertiary/aromatic N) is 2. The Kier molecular flexibility index (Phi) is 5.26. The highest BCUT2D eigenvalue weighted by molar-refractivity contribution is 5.91. The fourth-order valence-electron chi connectivity index (χ4n) is 3.32. The second-order valence-electron chi connectivity index (χ2n) is 6.72. The van der Waals surface area contributed by atoms with Crippen molar-refractivity contribution in [2.75, 3.05) is 18.4 Å². The number of benzene rings is 1. The first-order valence-corrected chi connectivity index (χ1v) is 8.62. The smallest absolute Gasteiger partial charge is 0.229 e. The largest absolute Gasteiger partial charge is 0.310 e. The van der Waals surface area contributed by atoms with Gasteiger partial charge in [-0.2, -0.15) is 0 Å². The monoisotopic (exact) mass is 323 g/mol. The van der Waals surface area contributed by atoms with E-state index in [0.29, 0.717) is 5.82 Å². The van der Waals surface area contributed by atoms with E-state index in [-0.39, 0.29) is 11.8 Å². The van der Waals surface area contributed by atoms with Gasteiger partial charge in [0, 0.05) is 18.8 Å². The van der Waals surface area contributed by atoms with E-state index in [2.05, 4.69) is 46.4 Å². The number of rotatable bonds is 4. The Balaban J connectivity index is 1.59. The van der Waals surface area contributed by atoms with Crippen molar-refractivity contribution in [2.24, 2.45) is 5.92 Å². The van der Waals surface area contributed by atoms with Gasteiger partial charge in [0.1, 0.15) is 5.82 Å². The van der Waals surface area contributed by atoms with E-state index >= 15 is 0 Å². The lowest BCUT2D eigenvalue weighted by atomic mass is 9.96. The van der Waals surface area contributed by atoms with Crippen LogP contribution in [0, 0.1) is 19.8 Å². The number of pyridine rings is 1. The molecule has 1 saturated heterocycles. The molecule has 2 aromatic rings. The summed E-state index contributed by atoms with van der Waals surface area (Å²) in [6.45, 7) is 6.82. The summed E-state index contributed by atoms with van der Waals surface area (Å²) >= 11 is 0. The molecule has 2 heterocycles. The third-order valence-corrected chi connectivity index (χ3v) is 4.50. The average molecular weight is 323 g/mol. The Morgan fingerprint density at radius 1 is 1.25 bits per heavy atom. The van der Waals surface area contributed by atoms with Crippen molar-refractivity contribution >= 4 is 11.7 Å². The van der Waals surface area contributed by atoms with Gasteiger partial charge in [-0.05, 0) is 50.9 Å². The second kappa shape index (κ2) is 7.58. The van der Waals surface area contributed by atoms with E-state index in [4.69, 9.17) is 0 Å². The van der Waals surface area contributed by atoms with E-state index in [1.807, 2.05) is 25.1 Å². The Morgan fingerprint density at radius 3 is 2.88 bits per heavy atom. The van der Waals surface area contributed by atoms with Crippen molar-refractivity contribution in [1.82, 2.24) is 9.88 Å². The molecule has 0 saturated carbocycles. The number of amides is 1. The van der Waals surface area contributed by atoms with Gasteiger partial charge in [-0.1, -0.05) is 35.9 Å². The minimum absolute atomic E-state index is 0.0332. The van der Waals surface area contributed by atoms with Crippen molar-refractivity contribution in [3.63, 3.8) is 0 Å². The molecule has 1 unspecified atom stereocenters. The van der Waals surface area contributed by atoms with Gasteiger partial charge in [0.05, 0.1) is 5.92 Å². The van der Waals surface area contributed by atoms with Crippen LogP contribution >= 0.6 is 0 Å². The van der Waals surface area contributed by atoms with Crippen molar-refractivity contribution in [2.45, 2.75) is 33.2 Å². The maximum absolute atomic E-state index is 12.6. The molecule has 1 amide bonds. The molecule has 1 atom stereocenters. The number of nitrogens with one attached hydrogen (secondary N) is 1. The van der Waals surface area contributed by atoms with Gasteiger partial charge < -0.3 is 5.32 Å². The molecule has 1 N–H and O–H groups in total. The van der Waals surface area contributed by atoms with Gasteiger partial charge in [0.25, 0.3) is 0 Å². The Hall–Kier alpha value is -2.20. The number of anilines is 1. The first kappa shape index (κ1) is 16.7. The molecule has 1 fully saturated rings. The molecule has 1 aromatic heterocycles. The number of carbonyl (C=O) groups excluding carboxylic acids is 1. The zero-order valence-electron chi connectivity index (χ0n) is 14.5. The molecule has 0 radical (unpaired) electrons. The molecule has 0 aliphatic carbocycles. The number of hydrogen-bond acceptors (Lipinski definition) is 3. The molecule has 0 bridgehead atoms. The number of aryl methyl sites for hydroxylation is 2. The van der Waals surface area contributed by atoms with E-state index in [0.717, 1.165) is 38.2 Å². The zero-order chi connectivity index (χ0) is 16.9. The fourth-order valence-corrected chi connectivity index (χ4v) is 3.32. The molecule has 1 aliphatic heterocycles. The topological polar surface area (TPSA) is 45.2 Å². The van der Waals surface area contributed by atoms with Gasteiger partial charge in [-0.15, -0.1) is 0 Å². The lowest BCUT2D eigenvalue weighted by Crippen LogP contribution is -2.40. The van der Waals surface area contributed by atoms with E-state index in [1.54, 1.807) is 0 Å². The molecular weight excluding hydrogens is 298 g/mol. The summed E-state index contributed by atoms with van der Waals surface area (Å²) in [6, 6.07) is 14.3. The van der Waals surface area contributed by atoms with Crippen LogP contribution in [0.2, 0.25) is 0 Å². The SMILES string of the molecule is Cc1cccc(CN2CCCC(C(=O)Nc3cccc(C)n3)C2)c1. The highest BCUT2D eigenvalue weighted by atomic mass is 16.2. The fraction of sp³-hybridized carbons (Fsp3) is 0.400. The number of carbonyl (C=O) groups is 1. The Morgan fingerprint density at radius 2 is 2.08 bits per heavy atom. The molecule has 24 heavy (non-hydrogen) atoms. The quantitative estimate of drug-likeness (QED) is 0.936. The first-order chi connectivity index (χ1) is 11.6. The molecule has 4 heteroatoms. The lowest BCUT2D eigenvalue weighted by molar-refractivity contribution is -0.121. The number of piperidine rings is 1. The molecule has 126 valence electrons. The Bertz CT molecular complexity index is 714. The molecule has 1 aromatic carbocycles. The lowest BCUT2D eigenvalue weighted by Gasteiger charge is -2.32. The van der Waals surface area contributed by atoms with Crippen molar-refractivity contribution in [1.29, 1.82) is 0 Å². The summed E-state index contributed by atoms with van der Waals surface area (Å²) in [5, 5.41) is 2.97. The second-order valence-corrected chi connectivity index (χ2v) is 6.72. The molecule has 3 rings (SSSR count). The van der Waals surface area contributed by atoms with E-state index in [9.17, 15) is 4.79 Å². The van der Waals surface area contributed by atoms with Gasteiger partial charge in [-0.25, -0.2) is 4.98 Å². The third kappa shape index (κ3) is 4.42. The minimum Gasteiger partial charge on any atom is -0.310 e. The first-order valence-electron chi connectivity index (χ1n) is 8.62. The molecule has 1 aliphatic rings. The van der Waals surface area contributed by atoms with Gasteiger partial charge >= 0.3 is 0 Å². The van der Waals surface area contributed by atoms with Crippen molar-refractivity contribution in [3.05, 3.63) is 59.3 Å². The number of aromatic nitrogens is 1. The number of likely N-dealkylation sites (tertiary alicyclic amines) is 1. The predicted molar refractivity (Wildman–Crippen MR) is 96.8 cm³/mol. The average Bonchev–Trinajstić information content (AvgIpc) is 2.55. The maximum Gasteiger partial charge on any atom is 0.229 e. The zero-order valence-corrected chi connectivity index (χ0v) is 14.5. The maximum atomic E-state index is 12.6. The van der Waals surface area contributed by atoms with Gasteiger partial charge in [-0.3, -0.25) is 9.69 Å². The normalized spacial score (nSPS) is 18.3.